The van der Waals surface area contributed by atoms with E-state index in [1.54, 1.807) is 35.2 Å². The highest BCUT2D eigenvalue weighted by molar-refractivity contribution is 9.10. The Bertz CT molecular complexity index is 1150. The van der Waals surface area contributed by atoms with Gasteiger partial charge in [0.15, 0.2) is 5.82 Å². The molecular weight excluding hydrogens is 519 g/mol. The van der Waals surface area contributed by atoms with E-state index in [0.717, 1.165) is 23.7 Å². The molecule has 0 bridgehead atoms. The number of nitrogens with one attached hydrogen (secondary N) is 2. The van der Waals surface area contributed by atoms with Crippen molar-refractivity contribution in [1.82, 2.24) is 15.0 Å². The van der Waals surface area contributed by atoms with Crippen molar-refractivity contribution in [1.29, 1.82) is 0 Å². The van der Waals surface area contributed by atoms with Gasteiger partial charge in [0.1, 0.15) is 5.52 Å². The van der Waals surface area contributed by atoms with Gasteiger partial charge in [-0.05, 0) is 43.5 Å². The number of benzene rings is 2. The highest BCUT2D eigenvalue weighted by Crippen LogP contribution is 2.34. The quantitative estimate of drug-likeness (QED) is 0.286. The predicted octanol–water partition coefficient (Wildman–Crippen LogP) is 4.56. The summed E-state index contributed by atoms with van der Waals surface area (Å²) in [6.45, 7) is 0.822. The van der Waals surface area contributed by atoms with E-state index in [1.165, 1.54) is 0 Å². The number of hydrogen-bond donors (Lipinski definition) is 3. The van der Waals surface area contributed by atoms with Gasteiger partial charge in [-0.3, -0.25) is 9.63 Å². The molecule has 8 nitrogen and oxygen atoms in total. The molecule has 4 rings (SSSR count). The highest BCUT2D eigenvalue weighted by Gasteiger charge is 2.24. The number of aliphatic hydroxyl groups excluding tert-OH is 1. The summed E-state index contributed by atoms with van der Waals surface area (Å²) in [6, 6.07) is 6.62. The molecule has 1 aromatic heterocycles. The van der Waals surface area contributed by atoms with E-state index in [2.05, 4.69) is 31.7 Å². The van der Waals surface area contributed by atoms with Crippen LogP contribution < -0.4 is 10.8 Å². The molecule has 3 aromatic rings. The van der Waals surface area contributed by atoms with Gasteiger partial charge in [0.05, 0.1) is 59.7 Å². The molecule has 2 heterocycles. The van der Waals surface area contributed by atoms with Crippen LogP contribution in [-0.2, 0) is 16.1 Å². The molecule has 1 aliphatic heterocycles. The Balaban J connectivity index is 1.74. The normalized spacial score (nSPS) is 16.2. The first kappa shape index (κ1) is 23.9. The van der Waals surface area contributed by atoms with Crippen molar-refractivity contribution in [2.24, 2.45) is 0 Å². The smallest absolute Gasteiger partial charge is 0.277 e. The Morgan fingerprint density at radius 1 is 1.39 bits per heavy atom. The monoisotopic (exact) mass is 540 g/mol. The number of hydrogen-bond acceptors (Lipinski definition) is 6. The number of carbonyl (C=O) groups is 1. The lowest BCUT2D eigenvalue weighted by molar-refractivity contribution is 0.00661. The van der Waals surface area contributed by atoms with E-state index < -0.39 is 11.7 Å². The van der Waals surface area contributed by atoms with Crippen molar-refractivity contribution in [2.45, 2.75) is 31.9 Å². The van der Waals surface area contributed by atoms with Crippen LogP contribution in [0.15, 0.2) is 35.1 Å². The number of hydroxylamine groups is 1. The molecule has 1 unspecified atom stereocenters. The standard InChI is InChI=1S/C22H23BrClFN4O4/c23-13-4-5-17(16(24)9-13)27-20-15(22(31)28-33-8-6-30)10-18-21(19(20)25)26-12-29(18)11-14-3-1-2-7-32-14/h4-5,9-10,12,14,27,30H,1-3,6-8,11H2,(H,28,31). The molecule has 1 atom stereocenters. The minimum atomic E-state index is -0.692. The predicted molar refractivity (Wildman–Crippen MR) is 126 cm³/mol. The molecule has 1 saturated heterocycles. The van der Waals surface area contributed by atoms with Crippen LogP contribution in [0.1, 0.15) is 29.6 Å². The number of nitrogens with zero attached hydrogens (tertiary/aromatic N) is 2. The third-order valence-corrected chi connectivity index (χ3v) is 6.13. The summed E-state index contributed by atoms with van der Waals surface area (Å²) in [5.74, 6) is -1.37. The number of carbonyl (C=O) groups excluding carboxylic acids is 1. The summed E-state index contributed by atoms with van der Waals surface area (Å²) >= 11 is 9.63. The largest absolute Gasteiger partial charge is 0.394 e. The number of rotatable bonds is 8. The van der Waals surface area contributed by atoms with Crippen LogP contribution in [-0.4, -0.2) is 46.5 Å². The maximum atomic E-state index is 15.7. The average molecular weight is 542 g/mol. The van der Waals surface area contributed by atoms with Gasteiger partial charge in [-0.25, -0.2) is 14.9 Å². The number of imidazole rings is 1. The molecule has 3 N–H and O–H groups in total. The third kappa shape index (κ3) is 5.47. The molecular formula is C22H23BrClFN4O4. The second-order valence-corrected chi connectivity index (χ2v) is 8.94. The number of anilines is 2. The topological polar surface area (TPSA) is 97.6 Å². The number of amides is 1. The molecule has 1 aliphatic rings. The fourth-order valence-electron chi connectivity index (χ4n) is 3.72. The Kier molecular flexibility index (Phi) is 7.82. The first-order chi connectivity index (χ1) is 16.0. The van der Waals surface area contributed by atoms with Crippen LogP contribution in [0.3, 0.4) is 0 Å². The highest BCUT2D eigenvalue weighted by atomic mass is 79.9. The van der Waals surface area contributed by atoms with E-state index >= 15 is 4.39 Å². The summed E-state index contributed by atoms with van der Waals surface area (Å²) in [5.41, 5.74) is 3.14. The van der Waals surface area contributed by atoms with E-state index in [-0.39, 0.29) is 36.1 Å². The third-order valence-electron chi connectivity index (χ3n) is 5.32. The number of fused-ring (bicyclic) bond motifs is 1. The molecule has 0 spiro atoms. The molecule has 0 radical (unpaired) electrons. The number of halogens is 3. The molecule has 1 amide bonds. The minimum absolute atomic E-state index is 0.00300. The van der Waals surface area contributed by atoms with Gasteiger partial charge in [0.25, 0.3) is 5.91 Å². The van der Waals surface area contributed by atoms with Crippen LogP contribution in [0.4, 0.5) is 15.8 Å². The van der Waals surface area contributed by atoms with Crippen molar-refractivity contribution in [2.75, 3.05) is 25.1 Å². The molecule has 0 aliphatic carbocycles. The van der Waals surface area contributed by atoms with E-state index in [0.29, 0.717) is 29.4 Å². The second kappa shape index (κ2) is 10.8. The van der Waals surface area contributed by atoms with Crippen molar-refractivity contribution in [3.63, 3.8) is 0 Å². The van der Waals surface area contributed by atoms with Crippen LogP contribution in [0, 0.1) is 5.82 Å². The first-order valence-corrected chi connectivity index (χ1v) is 11.7. The number of aliphatic hydroxyl groups is 1. The Morgan fingerprint density at radius 2 is 2.24 bits per heavy atom. The molecule has 2 aromatic carbocycles. The van der Waals surface area contributed by atoms with E-state index in [1.807, 2.05) is 0 Å². The fourth-order valence-corrected chi connectivity index (χ4v) is 4.44. The van der Waals surface area contributed by atoms with Gasteiger partial charge >= 0.3 is 0 Å². The number of ether oxygens (including phenoxy) is 1. The van der Waals surface area contributed by atoms with Crippen LogP contribution >= 0.6 is 27.5 Å². The molecule has 176 valence electrons. The summed E-state index contributed by atoms with van der Waals surface area (Å²) in [6.07, 6.45) is 4.56. The summed E-state index contributed by atoms with van der Waals surface area (Å²) in [7, 11) is 0. The second-order valence-electron chi connectivity index (χ2n) is 7.62. The zero-order valence-electron chi connectivity index (χ0n) is 17.6. The van der Waals surface area contributed by atoms with Gasteiger partial charge in [0.2, 0.25) is 0 Å². The van der Waals surface area contributed by atoms with Crippen molar-refractivity contribution >= 4 is 55.8 Å². The SMILES string of the molecule is O=C(NOCCO)c1cc2c(ncn2CC2CCCCO2)c(F)c1Nc1ccc(Br)cc1Cl. The Labute approximate surface area is 203 Å². The lowest BCUT2D eigenvalue weighted by Gasteiger charge is -2.23. The fraction of sp³-hybridized carbons (Fsp3) is 0.364. The van der Waals surface area contributed by atoms with Crippen molar-refractivity contribution in [3.05, 3.63) is 51.5 Å². The van der Waals surface area contributed by atoms with Crippen molar-refractivity contribution < 1.29 is 23.9 Å². The summed E-state index contributed by atoms with van der Waals surface area (Å²) < 4.78 is 24.0. The van der Waals surface area contributed by atoms with E-state index in [9.17, 15) is 4.79 Å². The zero-order chi connectivity index (χ0) is 23.4. The van der Waals surface area contributed by atoms with Crippen LogP contribution in [0.25, 0.3) is 11.0 Å². The Morgan fingerprint density at radius 3 is 2.97 bits per heavy atom. The lowest BCUT2D eigenvalue weighted by atomic mass is 10.1. The van der Waals surface area contributed by atoms with Gasteiger partial charge in [-0.1, -0.05) is 27.5 Å². The summed E-state index contributed by atoms with van der Waals surface area (Å²) in [5, 5.41) is 12.2. The molecule has 33 heavy (non-hydrogen) atoms. The molecule has 1 fully saturated rings. The van der Waals surface area contributed by atoms with Gasteiger partial charge in [-0.2, -0.15) is 0 Å². The maximum Gasteiger partial charge on any atom is 0.277 e. The van der Waals surface area contributed by atoms with Crippen LogP contribution in [0.5, 0.6) is 0 Å². The van der Waals surface area contributed by atoms with Gasteiger partial charge < -0.3 is 19.7 Å². The average Bonchev–Trinajstić information content (AvgIpc) is 3.20. The van der Waals surface area contributed by atoms with Gasteiger partial charge in [0, 0.05) is 11.1 Å². The summed E-state index contributed by atoms with van der Waals surface area (Å²) in [4.78, 5) is 22.1. The lowest BCUT2D eigenvalue weighted by Crippen LogP contribution is -2.26. The minimum Gasteiger partial charge on any atom is -0.394 e. The van der Waals surface area contributed by atoms with Crippen molar-refractivity contribution in [3.8, 4) is 0 Å². The molecule has 0 saturated carbocycles. The Hall–Kier alpha value is -2.24. The zero-order valence-corrected chi connectivity index (χ0v) is 20.0. The number of aromatic nitrogens is 2. The van der Waals surface area contributed by atoms with Gasteiger partial charge in [-0.15, -0.1) is 0 Å². The first-order valence-electron chi connectivity index (χ1n) is 10.5. The maximum absolute atomic E-state index is 15.7. The van der Waals surface area contributed by atoms with Crippen LogP contribution in [0.2, 0.25) is 5.02 Å². The molecule has 11 heteroatoms. The van der Waals surface area contributed by atoms with E-state index in [4.69, 9.17) is 26.3 Å².